The van der Waals surface area contributed by atoms with E-state index in [0.29, 0.717) is 5.92 Å². The largest absolute Gasteiger partial charge is 0.309 e. The molecule has 3 nitrogen and oxygen atoms in total. The summed E-state index contributed by atoms with van der Waals surface area (Å²) in [4.78, 5) is 0. The van der Waals surface area contributed by atoms with Gasteiger partial charge in [0.1, 0.15) is 0 Å². The molecule has 4 heteroatoms. The predicted molar refractivity (Wildman–Crippen MR) is 299 cm³/mol. The van der Waals surface area contributed by atoms with E-state index < -0.39 is 0 Å². The number of fused-ring (bicyclic) bond motifs is 12. The molecule has 1 aliphatic carbocycles. The third-order valence-electron chi connectivity index (χ3n) is 15.6. The lowest BCUT2D eigenvalue weighted by Gasteiger charge is -2.22. The van der Waals surface area contributed by atoms with Crippen molar-refractivity contribution < 1.29 is 0 Å². The van der Waals surface area contributed by atoms with E-state index in [2.05, 4.69) is 232 Å². The third kappa shape index (κ3) is 6.13. The second-order valence-corrected chi connectivity index (χ2v) is 20.6. The molecule has 1 saturated carbocycles. The Bertz CT molecular complexity index is 4170. The molecule has 0 spiro atoms. The van der Waals surface area contributed by atoms with Crippen molar-refractivity contribution in [3.05, 3.63) is 224 Å². The number of aromatic nitrogens is 3. The van der Waals surface area contributed by atoms with Crippen LogP contribution in [0.3, 0.4) is 0 Å². The Morgan fingerprint density at radius 3 is 1.21 bits per heavy atom. The van der Waals surface area contributed by atoms with Gasteiger partial charge in [-0.15, -0.1) is 11.3 Å². The monoisotopic (exact) mass is 913 g/mol. The second-order valence-electron chi connectivity index (χ2n) is 19.5. The van der Waals surface area contributed by atoms with Gasteiger partial charge in [-0.3, -0.25) is 0 Å². The molecule has 10 aromatic carbocycles. The standard InChI is InChI=1S/C66H47N3S/c1-4-14-42(15-5-1)45-24-30-61-53(36-45)51-20-10-12-22-59(51)67(61)48-27-32-63-55(39-48)56-40-49(68-60-23-13-11-21-52(60)54-37-46(25-31-62(54)68)43-16-6-2-7-17-43)28-33-64(56)69(63)50-29-35-66-58(41-50)57-38-47(26-34-65(57)70-66)44-18-8-3-9-19-44/h1-2,4-7,10-17,20-41,44H,3,8-9,18-19H2. The fourth-order valence-corrected chi connectivity index (χ4v) is 13.4. The van der Waals surface area contributed by atoms with Gasteiger partial charge in [-0.2, -0.15) is 0 Å². The minimum atomic E-state index is 0.665. The smallest absolute Gasteiger partial charge is 0.0542 e. The molecular weight excluding hydrogens is 867 g/mol. The van der Waals surface area contributed by atoms with Crippen LogP contribution in [-0.2, 0) is 0 Å². The van der Waals surface area contributed by atoms with E-state index in [1.807, 2.05) is 11.3 Å². The zero-order valence-corrected chi connectivity index (χ0v) is 39.5. The van der Waals surface area contributed by atoms with E-state index in [0.717, 1.165) is 11.4 Å². The molecule has 4 heterocycles. The van der Waals surface area contributed by atoms with Crippen molar-refractivity contribution in [2.24, 2.45) is 0 Å². The molecule has 0 aliphatic heterocycles. The Morgan fingerprint density at radius 2 is 0.686 bits per heavy atom. The Kier molecular flexibility index (Phi) is 8.91. The summed E-state index contributed by atoms with van der Waals surface area (Å²) < 4.78 is 10.2. The Morgan fingerprint density at radius 1 is 0.286 bits per heavy atom. The van der Waals surface area contributed by atoms with Crippen LogP contribution in [0.4, 0.5) is 0 Å². The van der Waals surface area contributed by atoms with E-state index in [1.165, 1.54) is 151 Å². The van der Waals surface area contributed by atoms with Crippen molar-refractivity contribution in [3.8, 4) is 39.3 Å². The SMILES string of the molecule is c1ccc(-c2ccc3c(c2)c2ccccc2n3-c2ccc3c(c2)c2cc(-n4c5ccccc5c5cc(-c6ccccc6)ccc54)ccc2n3-c2ccc3sc4ccc(C5CCCCC5)cc4c3c2)cc1. The third-order valence-corrected chi connectivity index (χ3v) is 16.8. The molecule has 0 bridgehead atoms. The van der Waals surface area contributed by atoms with Gasteiger partial charge in [-0.25, -0.2) is 0 Å². The van der Waals surface area contributed by atoms with Crippen molar-refractivity contribution in [1.82, 2.24) is 13.7 Å². The van der Waals surface area contributed by atoms with Crippen molar-refractivity contribution in [2.45, 2.75) is 38.0 Å². The summed E-state index contributed by atoms with van der Waals surface area (Å²) in [6, 6.07) is 82.0. The summed E-state index contributed by atoms with van der Waals surface area (Å²) >= 11 is 1.92. The molecule has 1 fully saturated rings. The number of para-hydroxylation sites is 2. The van der Waals surface area contributed by atoms with Crippen molar-refractivity contribution in [3.63, 3.8) is 0 Å². The number of hydrogen-bond donors (Lipinski definition) is 0. The topological polar surface area (TPSA) is 14.8 Å². The molecule has 332 valence electrons. The maximum Gasteiger partial charge on any atom is 0.0542 e. The summed E-state index contributed by atoms with van der Waals surface area (Å²) in [6.45, 7) is 0. The highest BCUT2D eigenvalue weighted by atomic mass is 32.1. The van der Waals surface area contributed by atoms with Crippen molar-refractivity contribution in [1.29, 1.82) is 0 Å². The molecule has 14 aromatic rings. The van der Waals surface area contributed by atoms with Crippen LogP contribution in [0.5, 0.6) is 0 Å². The van der Waals surface area contributed by atoms with Crippen molar-refractivity contribution in [2.75, 3.05) is 0 Å². The minimum Gasteiger partial charge on any atom is -0.309 e. The Hall–Kier alpha value is -8.18. The number of benzene rings is 10. The first-order valence-electron chi connectivity index (χ1n) is 24.9. The highest BCUT2D eigenvalue weighted by Crippen LogP contribution is 2.44. The maximum atomic E-state index is 2.53. The molecule has 4 aromatic heterocycles. The van der Waals surface area contributed by atoms with Crippen LogP contribution in [0, 0.1) is 0 Å². The molecule has 15 rings (SSSR count). The van der Waals surface area contributed by atoms with E-state index in [1.54, 1.807) is 0 Å². The molecule has 0 saturated heterocycles. The van der Waals surface area contributed by atoms with Crippen LogP contribution < -0.4 is 0 Å². The van der Waals surface area contributed by atoms with Crippen LogP contribution >= 0.6 is 11.3 Å². The van der Waals surface area contributed by atoms with Gasteiger partial charge in [0.05, 0.1) is 33.1 Å². The van der Waals surface area contributed by atoms with Crippen LogP contribution in [0.1, 0.15) is 43.6 Å². The van der Waals surface area contributed by atoms with Gasteiger partial charge in [-0.05, 0) is 150 Å². The maximum absolute atomic E-state index is 2.53. The summed E-state index contributed by atoms with van der Waals surface area (Å²) in [7, 11) is 0. The zero-order valence-electron chi connectivity index (χ0n) is 38.6. The summed E-state index contributed by atoms with van der Waals surface area (Å²) in [5.41, 5.74) is 17.1. The lowest BCUT2D eigenvalue weighted by Crippen LogP contribution is -2.03. The van der Waals surface area contributed by atoms with Crippen LogP contribution in [-0.4, -0.2) is 13.7 Å². The molecule has 0 radical (unpaired) electrons. The number of rotatable bonds is 6. The molecule has 0 amide bonds. The van der Waals surface area contributed by atoms with E-state index in [9.17, 15) is 0 Å². The first-order chi connectivity index (χ1) is 34.7. The van der Waals surface area contributed by atoms with Gasteiger partial charge in [0.15, 0.2) is 0 Å². The highest BCUT2D eigenvalue weighted by Gasteiger charge is 2.22. The fraction of sp³-hybridized carbons (Fsp3) is 0.0909. The summed E-state index contributed by atoms with van der Waals surface area (Å²) in [5, 5.41) is 10.2. The predicted octanol–water partition coefficient (Wildman–Crippen LogP) is 18.7. The average Bonchev–Trinajstić information content (AvgIpc) is 4.16. The second kappa shape index (κ2) is 15.7. The molecule has 0 unspecified atom stereocenters. The first kappa shape index (κ1) is 39.8. The van der Waals surface area contributed by atoms with Crippen LogP contribution in [0.25, 0.3) is 125 Å². The van der Waals surface area contributed by atoms with Gasteiger partial charge >= 0.3 is 0 Å². The lowest BCUT2D eigenvalue weighted by molar-refractivity contribution is 0.444. The zero-order chi connectivity index (χ0) is 45.9. The normalized spacial score (nSPS) is 13.7. The summed E-state index contributed by atoms with van der Waals surface area (Å²) in [6.07, 6.45) is 6.65. The van der Waals surface area contributed by atoms with Crippen LogP contribution in [0.15, 0.2) is 218 Å². The molecule has 70 heavy (non-hydrogen) atoms. The Labute approximate surface area is 409 Å². The average molecular weight is 914 g/mol. The molecule has 1 aliphatic rings. The Balaban J connectivity index is 0.967. The van der Waals surface area contributed by atoms with Gasteiger partial charge in [0.2, 0.25) is 0 Å². The number of thiophene rings is 1. The van der Waals surface area contributed by atoms with Gasteiger partial charge in [0.25, 0.3) is 0 Å². The fourth-order valence-electron chi connectivity index (χ4n) is 12.3. The van der Waals surface area contributed by atoms with Gasteiger partial charge < -0.3 is 13.7 Å². The molecular formula is C66H47N3S. The number of nitrogens with zero attached hydrogens (tertiary/aromatic N) is 3. The van der Waals surface area contributed by atoms with Crippen LogP contribution in [0.2, 0.25) is 0 Å². The van der Waals surface area contributed by atoms with E-state index in [-0.39, 0.29) is 0 Å². The summed E-state index contributed by atoms with van der Waals surface area (Å²) in [5.74, 6) is 0.665. The quantitative estimate of drug-likeness (QED) is 0.158. The van der Waals surface area contributed by atoms with Crippen molar-refractivity contribution >= 4 is 96.9 Å². The highest BCUT2D eigenvalue weighted by molar-refractivity contribution is 7.25. The van der Waals surface area contributed by atoms with E-state index >= 15 is 0 Å². The molecule has 0 atom stereocenters. The van der Waals surface area contributed by atoms with Gasteiger partial charge in [-0.1, -0.05) is 135 Å². The first-order valence-corrected chi connectivity index (χ1v) is 25.7. The van der Waals surface area contributed by atoms with Gasteiger partial charge in [0, 0.05) is 69.6 Å². The minimum absolute atomic E-state index is 0.665. The molecule has 0 N–H and O–H groups in total. The number of hydrogen-bond acceptors (Lipinski definition) is 1. The lowest BCUT2D eigenvalue weighted by atomic mass is 9.84. The van der Waals surface area contributed by atoms with E-state index in [4.69, 9.17) is 0 Å².